The van der Waals surface area contributed by atoms with Gasteiger partial charge in [-0.25, -0.2) is 0 Å². The molecule has 0 aromatic carbocycles. The van der Waals surface area contributed by atoms with Crippen molar-refractivity contribution in [1.82, 2.24) is 15.1 Å². The van der Waals surface area contributed by atoms with E-state index < -0.39 is 0 Å². The van der Waals surface area contributed by atoms with Gasteiger partial charge in [-0.3, -0.25) is 4.90 Å². The molecule has 2 rings (SSSR count). The number of piperidine rings is 1. The van der Waals surface area contributed by atoms with Crippen molar-refractivity contribution in [1.29, 1.82) is 0 Å². The molecule has 18 heavy (non-hydrogen) atoms. The Morgan fingerprint density at radius 2 is 2.06 bits per heavy atom. The number of hydrogen-bond acceptors (Lipinski definition) is 4. The van der Waals surface area contributed by atoms with Gasteiger partial charge in [0.25, 0.3) is 0 Å². The zero-order valence-corrected chi connectivity index (χ0v) is 11.8. The zero-order chi connectivity index (χ0) is 13.0. The number of nitrogens with one attached hydrogen (secondary N) is 1. The number of rotatable bonds is 4. The third kappa shape index (κ3) is 3.25. The van der Waals surface area contributed by atoms with E-state index in [9.17, 15) is 0 Å². The molecule has 104 valence electrons. The van der Waals surface area contributed by atoms with Gasteiger partial charge < -0.3 is 15.0 Å². The minimum atomic E-state index is 0.354. The molecule has 0 saturated carbocycles. The lowest BCUT2D eigenvalue weighted by atomic mass is 9.99. The molecule has 0 radical (unpaired) electrons. The van der Waals surface area contributed by atoms with Gasteiger partial charge in [-0.05, 0) is 39.9 Å². The van der Waals surface area contributed by atoms with E-state index >= 15 is 0 Å². The molecule has 4 nitrogen and oxygen atoms in total. The predicted molar refractivity (Wildman–Crippen MR) is 74.6 cm³/mol. The summed E-state index contributed by atoms with van der Waals surface area (Å²) < 4.78 is 5.64. The minimum Gasteiger partial charge on any atom is -0.497 e. The third-order valence-corrected chi connectivity index (χ3v) is 4.14. The van der Waals surface area contributed by atoms with Gasteiger partial charge in [0.15, 0.2) is 0 Å². The van der Waals surface area contributed by atoms with Crippen LogP contribution in [0.4, 0.5) is 0 Å². The van der Waals surface area contributed by atoms with Crippen molar-refractivity contribution in [2.24, 2.45) is 0 Å². The van der Waals surface area contributed by atoms with E-state index in [4.69, 9.17) is 4.74 Å². The second-order valence-corrected chi connectivity index (χ2v) is 5.39. The molecule has 0 aromatic rings. The normalized spacial score (nSPS) is 28.2. The number of likely N-dealkylation sites (tertiary alicyclic amines) is 1. The molecule has 2 aliphatic rings. The van der Waals surface area contributed by atoms with E-state index in [1.54, 1.807) is 0 Å². The van der Waals surface area contributed by atoms with E-state index in [2.05, 4.69) is 28.7 Å². The number of ether oxygens (including phenoxy) is 1. The van der Waals surface area contributed by atoms with Crippen LogP contribution in [-0.4, -0.2) is 68.3 Å². The monoisotopic (exact) mass is 253 g/mol. The molecule has 2 saturated heterocycles. The van der Waals surface area contributed by atoms with Crippen LogP contribution in [0.3, 0.4) is 0 Å². The number of piperazine rings is 1. The first-order chi connectivity index (χ1) is 8.72. The van der Waals surface area contributed by atoms with Crippen molar-refractivity contribution in [2.45, 2.75) is 31.8 Å². The van der Waals surface area contributed by atoms with Crippen LogP contribution in [0.2, 0.25) is 0 Å². The Bertz CT molecular complexity index is 274. The number of hydrogen-bond donors (Lipinski definition) is 1. The first-order valence-corrected chi connectivity index (χ1v) is 7.19. The second kappa shape index (κ2) is 6.55. The van der Waals surface area contributed by atoms with Crippen molar-refractivity contribution >= 4 is 0 Å². The van der Waals surface area contributed by atoms with Gasteiger partial charge in [0, 0.05) is 25.7 Å². The van der Waals surface area contributed by atoms with Crippen molar-refractivity contribution < 1.29 is 4.74 Å². The summed E-state index contributed by atoms with van der Waals surface area (Å²) in [4.78, 5) is 5.03. The van der Waals surface area contributed by atoms with E-state index in [1.165, 1.54) is 25.9 Å². The lowest BCUT2D eigenvalue weighted by Gasteiger charge is -2.44. The van der Waals surface area contributed by atoms with Crippen LogP contribution in [0.15, 0.2) is 12.3 Å². The van der Waals surface area contributed by atoms with Gasteiger partial charge in [-0.2, -0.15) is 0 Å². The molecule has 2 heterocycles. The molecule has 2 aliphatic heterocycles. The fraction of sp³-hybridized carbons (Fsp3) is 0.857. The van der Waals surface area contributed by atoms with Gasteiger partial charge in [-0.1, -0.05) is 6.58 Å². The van der Waals surface area contributed by atoms with Crippen LogP contribution < -0.4 is 5.32 Å². The lowest BCUT2D eigenvalue weighted by molar-refractivity contribution is 0.0485. The molecule has 0 spiro atoms. The summed E-state index contributed by atoms with van der Waals surface area (Å²) in [7, 11) is 2.21. The van der Waals surface area contributed by atoms with Gasteiger partial charge in [-0.15, -0.1) is 0 Å². The van der Waals surface area contributed by atoms with E-state index in [1.807, 2.05) is 6.92 Å². The largest absolute Gasteiger partial charge is 0.497 e. The minimum absolute atomic E-state index is 0.354. The van der Waals surface area contributed by atoms with Crippen LogP contribution in [0.25, 0.3) is 0 Å². The quantitative estimate of drug-likeness (QED) is 0.754. The highest BCUT2D eigenvalue weighted by atomic mass is 16.5. The van der Waals surface area contributed by atoms with Crippen molar-refractivity contribution in [2.75, 3.05) is 46.4 Å². The highest BCUT2D eigenvalue weighted by Crippen LogP contribution is 2.22. The maximum Gasteiger partial charge on any atom is 0.107 e. The molecule has 2 fully saturated rings. The van der Waals surface area contributed by atoms with Crippen molar-refractivity contribution in [3.8, 4) is 0 Å². The smallest absolute Gasteiger partial charge is 0.107 e. The van der Waals surface area contributed by atoms with Crippen LogP contribution in [0, 0.1) is 0 Å². The summed E-state index contributed by atoms with van der Waals surface area (Å²) in [5.74, 6) is 0.934. The highest BCUT2D eigenvalue weighted by molar-refractivity contribution is 5.03. The van der Waals surface area contributed by atoms with E-state index in [0.717, 1.165) is 32.0 Å². The molecule has 0 aromatic heterocycles. The summed E-state index contributed by atoms with van der Waals surface area (Å²) in [5.41, 5.74) is 0. The summed E-state index contributed by atoms with van der Waals surface area (Å²) in [5, 5.41) is 3.46. The summed E-state index contributed by atoms with van der Waals surface area (Å²) in [6.45, 7) is 12.5. The fourth-order valence-electron chi connectivity index (χ4n) is 3.06. The summed E-state index contributed by atoms with van der Waals surface area (Å²) in [6.07, 6.45) is 2.54. The SMILES string of the molecule is C=C(OCC)[C@@H]1CNCCN1C1CCN(C)CC1. The highest BCUT2D eigenvalue weighted by Gasteiger charge is 2.32. The molecule has 0 aliphatic carbocycles. The van der Waals surface area contributed by atoms with E-state index in [-0.39, 0.29) is 0 Å². The van der Waals surface area contributed by atoms with Crippen molar-refractivity contribution in [3.05, 3.63) is 12.3 Å². The molecular weight excluding hydrogens is 226 g/mol. The van der Waals surface area contributed by atoms with Crippen LogP contribution in [0.5, 0.6) is 0 Å². The zero-order valence-electron chi connectivity index (χ0n) is 11.8. The Labute approximate surface area is 111 Å². The molecule has 0 unspecified atom stereocenters. The van der Waals surface area contributed by atoms with Crippen LogP contribution in [-0.2, 0) is 4.74 Å². The Hall–Kier alpha value is -0.580. The van der Waals surface area contributed by atoms with Gasteiger partial charge >= 0.3 is 0 Å². The lowest BCUT2D eigenvalue weighted by Crippen LogP contribution is -2.57. The molecule has 4 heteroatoms. The van der Waals surface area contributed by atoms with Gasteiger partial charge in [0.05, 0.1) is 12.6 Å². The first-order valence-electron chi connectivity index (χ1n) is 7.19. The standard InChI is InChI=1S/C14H27N3O/c1-4-18-12(2)14-11-15-7-10-17(14)13-5-8-16(3)9-6-13/h13-15H,2,4-11H2,1,3H3/t14-/m0/s1. The average molecular weight is 253 g/mol. The van der Waals surface area contributed by atoms with Crippen LogP contribution in [0.1, 0.15) is 19.8 Å². The number of nitrogens with zero attached hydrogens (tertiary/aromatic N) is 2. The average Bonchev–Trinajstić information content (AvgIpc) is 2.40. The summed E-state index contributed by atoms with van der Waals surface area (Å²) >= 11 is 0. The molecule has 0 bridgehead atoms. The van der Waals surface area contributed by atoms with Crippen LogP contribution >= 0.6 is 0 Å². The topological polar surface area (TPSA) is 27.7 Å². The molecule has 0 amide bonds. The van der Waals surface area contributed by atoms with Gasteiger partial charge in [0.1, 0.15) is 5.76 Å². The Kier molecular flexibility index (Phi) is 5.03. The third-order valence-electron chi connectivity index (χ3n) is 4.14. The Balaban J connectivity index is 1.96. The molecule has 1 atom stereocenters. The first kappa shape index (κ1) is 13.8. The van der Waals surface area contributed by atoms with Crippen molar-refractivity contribution in [3.63, 3.8) is 0 Å². The fourth-order valence-corrected chi connectivity index (χ4v) is 3.06. The van der Waals surface area contributed by atoms with Gasteiger partial charge in [0.2, 0.25) is 0 Å². The predicted octanol–water partition coefficient (Wildman–Crippen LogP) is 0.905. The maximum absolute atomic E-state index is 5.64. The Morgan fingerprint density at radius 1 is 1.33 bits per heavy atom. The Morgan fingerprint density at radius 3 is 2.72 bits per heavy atom. The molecular formula is C14H27N3O. The second-order valence-electron chi connectivity index (χ2n) is 5.39. The summed E-state index contributed by atoms with van der Waals surface area (Å²) in [6, 6.07) is 1.05. The maximum atomic E-state index is 5.64. The molecule has 1 N–H and O–H groups in total. The van der Waals surface area contributed by atoms with E-state index in [0.29, 0.717) is 12.1 Å².